The predicted molar refractivity (Wildman–Crippen MR) is 30.6 cm³/mol. The third kappa shape index (κ3) is 4.14. The average Bonchev–Trinajstić information content (AvgIpc) is 1.35. The van der Waals surface area contributed by atoms with Crippen molar-refractivity contribution in [2.75, 3.05) is 0 Å². The van der Waals surface area contributed by atoms with Crippen LogP contribution < -0.4 is 10.8 Å². The Bertz CT molecular complexity index is 30.0. The second kappa shape index (κ2) is 3.33. The summed E-state index contributed by atoms with van der Waals surface area (Å²) < 4.78 is 0. The summed E-state index contributed by atoms with van der Waals surface area (Å²) in [6.45, 7) is 2.10. The highest BCUT2D eigenvalue weighted by Gasteiger charge is 1.89. The SMILES string of the molecule is CCC[SiH](N)N. The minimum absolute atomic E-state index is 1.07. The molecule has 0 heterocycles. The zero-order valence-electron chi connectivity index (χ0n) is 4.15. The summed E-state index contributed by atoms with van der Waals surface area (Å²) in [5.41, 5.74) is 0. The van der Waals surface area contributed by atoms with Crippen LogP contribution in [-0.2, 0) is 0 Å². The van der Waals surface area contributed by atoms with Crippen molar-refractivity contribution in [3.05, 3.63) is 0 Å². The molecule has 0 fully saturated rings. The van der Waals surface area contributed by atoms with Gasteiger partial charge in [0.1, 0.15) is 0 Å². The molecule has 0 atom stereocenters. The summed E-state index contributed by atoms with van der Waals surface area (Å²) in [6, 6.07) is 1.07. The van der Waals surface area contributed by atoms with E-state index in [9.17, 15) is 0 Å². The van der Waals surface area contributed by atoms with Crippen LogP contribution in [0, 0.1) is 0 Å². The van der Waals surface area contributed by atoms with Crippen LogP contribution in [0.4, 0.5) is 0 Å². The molecule has 0 saturated carbocycles. The summed E-state index contributed by atoms with van der Waals surface area (Å²) in [7, 11) is -1.17. The van der Waals surface area contributed by atoms with Crippen molar-refractivity contribution in [2.45, 2.75) is 19.4 Å². The number of rotatable bonds is 2. The van der Waals surface area contributed by atoms with Gasteiger partial charge >= 0.3 is 0 Å². The van der Waals surface area contributed by atoms with Crippen LogP contribution in [-0.4, -0.2) is 9.12 Å². The van der Waals surface area contributed by atoms with Crippen molar-refractivity contribution in [2.24, 2.45) is 10.8 Å². The molecule has 4 N–H and O–H groups in total. The van der Waals surface area contributed by atoms with E-state index in [0.717, 1.165) is 12.5 Å². The Morgan fingerprint density at radius 1 is 1.50 bits per heavy atom. The molecule has 0 aromatic heterocycles. The van der Waals surface area contributed by atoms with E-state index in [1.807, 2.05) is 0 Å². The lowest BCUT2D eigenvalue weighted by Gasteiger charge is -1.94. The maximum Gasteiger partial charge on any atom is 0.179 e. The summed E-state index contributed by atoms with van der Waals surface area (Å²) in [5, 5.41) is 10.6. The maximum absolute atomic E-state index is 5.32. The van der Waals surface area contributed by atoms with Gasteiger partial charge in [0.05, 0.1) is 0 Å². The van der Waals surface area contributed by atoms with E-state index in [1.165, 1.54) is 0 Å². The largest absolute Gasteiger partial charge is 0.342 e. The van der Waals surface area contributed by atoms with Crippen LogP contribution in [0.15, 0.2) is 0 Å². The van der Waals surface area contributed by atoms with E-state index in [2.05, 4.69) is 6.92 Å². The molecule has 6 heavy (non-hydrogen) atoms. The van der Waals surface area contributed by atoms with Gasteiger partial charge in [-0.3, -0.25) is 0 Å². The molecule has 0 aromatic rings. The smallest absolute Gasteiger partial charge is 0.179 e. The molecule has 0 aliphatic heterocycles. The Labute approximate surface area is 40.3 Å². The van der Waals surface area contributed by atoms with Crippen molar-refractivity contribution >= 4 is 9.12 Å². The first-order valence-electron chi connectivity index (χ1n) is 2.28. The topological polar surface area (TPSA) is 52.0 Å². The van der Waals surface area contributed by atoms with Crippen LogP contribution in [0.5, 0.6) is 0 Å². The maximum atomic E-state index is 5.32. The second-order valence-corrected chi connectivity index (χ2v) is 3.36. The van der Waals surface area contributed by atoms with Gasteiger partial charge in [0.2, 0.25) is 0 Å². The average molecular weight is 104 g/mol. The van der Waals surface area contributed by atoms with Crippen molar-refractivity contribution in [3.63, 3.8) is 0 Å². The van der Waals surface area contributed by atoms with Crippen molar-refractivity contribution < 1.29 is 0 Å². The summed E-state index contributed by atoms with van der Waals surface area (Å²) in [6.07, 6.45) is 1.14. The molecular weight excluding hydrogens is 92.1 g/mol. The van der Waals surface area contributed by atoms with Gasteiger partial charge < -0.3 is 10.8 Å². The molecule has 2 nitrogen and oxygen atoms in total. The minimum atomic E-state index is -1.17. The Morgan fingerprint density at radius 3 is 2.00 bits per heavy atom. The number of hydrogen-bond donors (Lipinski definition) is 2. The highest BCUT2D eigenvalue weighted by Crippen LogP contribution is 1.82. The highest BCUT2D eigenvalue weighted by atomic mass is 28.3. The fourth-order valence-corrected chi connectivity index (χ4v) is 1.00. The predicted octanol–water partition coefficient (Wildman–Crippen LogP) is -0.466. The quantitative estimate of drug-likeness (QED) is 0.465. The number of hydrogen-bond acceptors (Lipinski definition) is 2. The van der Waals surface area contributed by atoms with Crippen LogP contribution in [0.2, 0.25) is 6.04 Å². The molecule has 0 bridgehead atoms. The molecule has 0 aliphatic carbocycles. The van der Waals surface area contributed by atoms with E-state index < -0.39 is 9.12 Å². The van der Waals surface area contributed by atoms with Crippen LogP contribution >= 0.6 is 0 Å². The standard InChI is InChI=1S/C3H12N2Si/c1-2-3-6(4)5/h6H,2-5H2,1H3. The van der Waals surface area contributed by atoms with Crippen molar-refractivity contribution in [1.29, 1.82) is 0 Å². The van der Waals surface area contributed by atoms with Crippen molar-refractivity contribution in [1.82, 2.24) is 0 Å². The molecule has 0 saturated heterocycles. The van der Waals surface area contributed by atoms with Gasteiger partial charge in [0, 0.05) is 0 Å². The van der Waals surface area contributed by atoms with E-state index in [4.69, 9.17) is 10.8 Å². The fraction of sp³-hybridized carbons (Fsp3) is 1.00. The highest BCUT2D eigenvalue weighted by molar-refractivity contribution is 6.51. The zero-order valence-corrected chi connectivity index (χ0v) is 5.30. The van der Waals surface area contributed by atoms with Gasteiger partial charge in [-0.2, -0.15) is 0 Å². The lowest BCUT2D eigenvalue weighted by Crippen LogP contribution is -2.35. The molecule has 0 rings (SSSR count). The monoisotopic (exact) mass is 104 g/mol. The lowest BCUT2D eigenvalue weighted by atomic mass is 10.6. The van der Waals surface area contributed by atoms with Gasteiger partial charge in [0.25, 0.3) is 0 Å². The molecule has 0 radical (unpaired) electrons. The third-order valence-corrected chi connectivity index (χ3v) is 1.87. The Kier molecular flexibility index (Phi) is 3.41. The summed E-state index contributed by atoms with van der Waals surface area (Å²) >= 11 is 0. The van der Waals surface area contributed by atoms with Gasteiger partial charge in [-0.25, -0.2) is 0 Å². The first-order valence-corrected chi connectivity index (χ1v) is 4.43. The van der Waals surface area contributed by atoms with E-state index in [0.29, 0.717) is 0 Å². The van der Waals surface area contributed by atoms with E-state index in [-0.39, 0.29) is 0 Å². The van der Waals surface area contributed by atoms with E-state index >= 15 is 0 Å². The molecule has 0 amide bonds. The van der Waals surface area contributed by atoms with Crippen LogP contribution in [0.1, 0.15) is 13.3 Å². The minimum Gasteiger partial charge on any atom is -0.342 e. The fourth-order valence-electron chi connectivity index (χ4n) is 0.333. The number of nitrogens with two attached hydrogens (primary N) is 2. The normalized spacial score (nSPS) is 10.0. The third-order valence-electron chi connectivity index (χ3n) is 0.622. The first kappa shape index (κ1) is 6.14. The second-order valence-electron chi connectivity index (χ2n) is 1.45. The summed E-state index contributed by atoms with van der Waals surface area (Å²) in [5.74, 6) is 0. The van der Waals surface area contributed by atoms with Gasteiger partial charge in [-0.15, -0.1) is 0 Å². The summed E-state index contributed by atoms with van der Waals surface area (Å²) in [4.78, 5) is 0. The van der Waals surface area contributed by atoms with Gasteiger partial charge in [0.15, 0.2) is 9.12 Å². The molecule has 0 unspecified atom stereocenters. The lowest BCUT2D eigenvalue weighted by molar-refractivity contribution is 1.05. The Hall–Kier alpha value is 0.137. The molecule has 0 spiro atoms. The van der Waals surface area contributed by atoms with Gasteiger partial charge in [-0.1, -0.05) is 13.3 Å². The zero-order chi connectivity index (χ0) is 4.99. The van der Waals surface area contributed by atoms with Gasteiger partial charge in [-0.05, 0) is 6.04 Å². The van der Waals surface area contributed by atoms with E-state index in [1.54, 1.807) is 0 Å². The molecular formula is C3H12N2Si. The molecule has 3 heteroatoms. The van der Waals surface area contributed by atoms with Crippen LogP contribution in [0.3, 0.4) is 0 Å². The Morgan fingerprint density at radius 2 is 2.00 bits per heavy atom. The van der Waals surface area contributed by atoms with Crippen LogP contribution in [0.25, 0.3) is 0 Å². The first-order chi connectivity index (χ1) is 2.77. The molecule has 38 valence electrons. The Balaban J connectivity index is 2.63. The molecule has 0 aliphatic rings. The van der Waals surface area contributed by atoms with Crippen molar-refractivity contribution in [3.8, 4) is 0 Å². The molecule has 0 aromatic carbocycles.